The number of aromatic carboxylic acids is 1. The van der Waals surface area contributed by atoms with Crippen molar-refractivity contribution in [2.24, 2.45) is 5.92 Å². The summed E-state index contributed by atoms with van der Waals surface area (Å²) in [4.78, 5) is 35.5. The summed E-state index contributed by atoms with van der Waals surface area (Å²) < 4.78 is 0. The Morgan fingerprint density at radius 3 is 2.20 bits per heavy atom. The largest absolute Gasteiger partial charge is 0.478 e. The Morgan fingerprint density at radius 1 is 0.841 bits per heavy atom. The molecule has 4 aromatic rings. The number of allylic oxidation sites excluding steroid dienone is 2. The number of carbonyl (C=O) groups is 2. The normalized spacial score (nSPS) is 12.2. The van der Waals surface area contributed by atoms with Crippen LogP contribution in [0.5, 0.6) is 0 Å². The van der Waals surface area contributed by atoms with Crippen molar-refractivity contribution in [1.82, 2.24) is 5.32 Å². The first kappa shape index (κ1) is 31.9. The molecule has 0 fully saturated rings. The number of rotatable bonds is 11. The van der Waals surface area contributed by atoms with E-state index in [1.165, 1.54) is 23.3 Å². The minimum Gasteiger partial charge on any atom is -0.478 e. The number of amides is 1. The predicted octanol–water partition coefficient (Wildman–Crippen LogP) is 8.69. The topological polar surface area (TPSA) is 110 Å². The van der Waals surface area contributed by atoms with E-state index in [4.69, 9.17) is 0 Å². The smallest absolute Gasteiger partial charge is 0.336 e. The quantitative estimate of drug-likeness (QED) is 0.134. The van der Waals surface area contributed by atoms with Gasteiger partial charge in [0, 0.05) is 24.2 Å². The van der Waals surface area contributed by atoms with Crippen molar-refractivity contribution in [3.63, 3.8) is 0 Å². The van der Waals surface area contributed by atoms with Crippen LogP contribution in [-0.4, -0.2) is 21.9 Å². The molecule has 0 radical (unpaired) electrons. The standard InChI is InChI=1S/C37H38N2O5/c1-23(2)25(4)35-21-30(36(40)38-22-28-9-8-10-31(20-28)39(43)44)17-18-32(35)26(5)24(3)19-27-13-15-29(16-14-27)33-11-6-7-12-34(33)37(41)42/h6-18,20-21,24,26H,19,22H2,1-5H3,(H,38,40)(H,41,42). The van der Waals surface area contributed by atoms with Gasteiger partial charge in [-0.1, -0.05) is 80.1 Å². The molecule has 226 valence electrons. The molecule has 0 aromatic heterocycles. The van der Waals surface area contributed by atoms with Crippen molar-refractivity contribution < 1.29 is 19.6 Å². The molecule has 0 aliphatic rings. The molecule has 0 heterocycles. The first-order valence-corrected chi connectivity index (χ1v) is 14.7. The maximum absolute atomic E-state index is 13.1. The molecular weight excluding hydrogens is 552 g/mol. The van der Waals surface area contributed by atoms with E-state index >= 15 is 0 Å². The van der Waals surface area contributed by atoms with Gasteiger partial charge in [0.15, 0.2) is 0 Å². The number of carboxylic acid groups (broad SMARTS) is 1. The molecule has 2 unspecified atom stereocenters. The highest BCUT2D eigenvalue weighted by atomic mass is 16.6. The minimum absolute atomic E-state index is 0.00913. The first-order valence-electron chi connectivity index (χ1n) is 14.7. The maximum Gasteiger partial charge on any atom is 0.336 e. The lowest BCUT2D eigenvalue weighted by Crippen LogP contribution is -2.23. The van der Waals surface area contributed by atoms with Crippen LogP contribution in [0.2, 0.25) is 0 Å². The molecule has 0 saturated carbocycles. The number of nitro benzene ring substituents is 1. The average Bonchev–Trinajstić information content (AvgIpc) is 3.03. The number of non-ortho nitro benzene ring substituents is 1. The van der Waals surface area contributed by atoms with Gasteiger partial charge in [0.25, 0.3) is 11.6 Å². The van der Waals surface area contributed by atoms with Crippen LogP contribution < -0.4 is 5.32 Å². The zero-order valence-corrected chi connectivity index (χ0v) is 25.8. The summed E-state index contributed by atoms with van der Waals surface area (Å²) in [6, 6.07) is 27.2. The lowest BCUT2D eigenvalue weighted by molar-refractivity contribution is -0.384. The third kappa shape index (κ3) is 7.48. The molecule has 0 spiro atoms. The lowest BCUT2D eigenvalue weighted by atomic mass is 9.80. The van der Waals surface area contributed by atoms with E-state index in [0.29, 0.717) is 16.7 Å². The second kappa shape index (κ2) is 14.0. The molecular formula is C37H38N2O5. The van der Waals surface area contributed by atoms with Gasteiger partial charge in [-0.25, -0.2) is 4.79 Å². The molecule has 7 heteroatoms. The van der Waals surface area contributed by atoms with E-state index < -0.39 is 10.9 Å². The van der Waals surface area contributed by atoms with E-state index in [0.717, 1.165) is 28.7 Å². The second-order valence-electron chi connectivity index (χ2n) is 11.6. The van der Waals surface area contributed by atoms with Gasteiger partial charge in [-0.2, -0.15) is 0 Å². The van der Waals surface area contributed by atoms with Gasteiger partial charge in [0.05, 0.1) is 10.5 Å². The fraction of sp³-hybridized carbons (Fsp3) is 0.243. The van der Waals surface area contributed by atoms with Gasteiger partial charge in [0.1, 0.15) is 0 Å². The highest BCUT2D eigenvalue weighted by molar-refractivity contribution is 5.96. The Bertz CT molecular complexity index is 1720. The summed E-state index contributed by atoms with van der Waals surface area (Å²) >= 11 is 0. The maximum atomic E-state index is 13.1. The molecule has 0 bridgehead atoms. The van der Waals surface area contributed by atoms with Crippen molar-refractivity contribution in [2.75, 3.05) is 0 Å². The number of carbonyl (C=O) groups excluding carboxylic acids is 1. The fourth-order valence-corrected chi connectivity index (χ4v) is 5.35. The third-order valence-electron chi connectivity index (χ3n) is 8.37. The van der Waals surface area contributed by atoms with Crippen LogP contribution >= 0.6 is 0 Å². The molecule has 0 saturated heterocycles. The van der Waals surface area contributed by atoms with Crippen LogP contribution in [0.3, 0.4) is 0 Å². The van der Waals surface area contributed by atoms with Crippen LogP contribution in [0.1, 0.15) is 83.5 Å². The van der Waals surface area contributed by atoms with E-state index in [2.05, 4.69) is 52.1 Å². The van der Waals surface area contributed by atoms with Crippen molar-refractivity contribution in [3.05, 3.63) is 140 Å². The zero-order chi connectivity index (χ0) is 32.0. The molecule has 0 aliphatic carbocycles. The Morgan fingerprint density at radius 2 is 1.55 bits per heavy atom. The number of carboxylic acids is 1. The van der Waals surface area contributed by atoms with E-state index in [9.17, 15) is 24.8 Å². The minimum atomic E-state index is -0.944. The number of nitro groups is 1. The SMILES string of the molecule is CC(C)=C(C)c1cc(C(=O)NCc2cccc([N+](=O)[O-])c2)ccc1C(C)C(C)Cc1ccc(-c2ccccc2C(=O)O)cc1. The fourth-order valence-electron chi connectivity index (χ4n) is 5.35. The monoisotopic (exact) mass is 590 g/mol. The predicted molar refractivity (Wildman–Crippen MR) is 175 cm³/mol. The summed E-state index contributed by atoms with van der Waals surface area (Å²) in [5.41, 5.74) is 8.68. The van der Waals surface area contributed by atoms with Gasteiger partial charge >= 0.3 is 5.97 Å². The van der Waals surface area contributed by atoms with Crippen LogP contribution in [0.25, 0.3) is 16.7 Å². The van der Waals surface area contributed by atoms with Crippen LogP contribution in [0.4, 0.5) is 5.69 Å². The number of hydrogen-bond acceptors (Lipinski definition) is 4. The first-order chi connectivity index (χ1) is 21.0. The van der Waals surface area contributed by atoms with Crippen LogP contribution in [0, 0.1) is 16.0 Å². The Kier molecular flexibility index (Phi) is 10.1. The van der Waals surface area contributed by atoms with Crippen molar-refractivity contribution in [3.8, 4) is 11.1 Å². The van der Waals surface area contributed by atoms with Gasteiger partial charge in [-0.15, -0.1) is 0 Å². The molecule has 2 N–H and O–H groups in total. The van der Waals surface area contributed by atoms with Crippen molar-refractivity contribution in [1.29, 1.82) is 0 Å². The number of hydrogen-bond donors (Lipinski definition) is 2. The highest BCUT2D eigenvalue weighted by Gasteiger charge is 2.21. The highest BCUT2D eigenvalue weighted by Crippen LogP contribution is 2.35. The molecule has 4 aromatic carbocycles. The third-order valence-corrected chi connectivity index (χ3v) is 8.37. The molecule has 44 heavy (non-hydrogen) atoms. The Labute approximate surface area is 258 Å². The zero-order valence-electron chi connectivity index (χ0n) is 25.8. The summed E-state index contributed by atoms with van der Waals surface area (Å²) in [5.74, 6) is -0.713. The molecule has 0 aliphatic heterocycles. The van der Waals surface area contributed by atoms with E-state index in [1.807, 2.05) is 42.5 Å². The van der Waals surface area contributed by atoms with Gasteiger partial charge < -0.3 is 10.4 Å². The van der Waals surface area contributed by atoms with E-state index in [-0.39, 0.29) is 35.5 Å². The van der Waals surface area contributed by atoms with Crippen molar-refractivity contribution >= 4 is 23.1 Å². The Hall–Kier alpha value is -5.04. The molecule has 7 nitrogen and oxygen atoms in total. The summed E-state index contributed by atoms with van der Waals surface area (Å²) in [6.45, 7) is 10.8. The van der Waals surface area contributed by atoms with Crippen LogP contribution in [-0.2, 0) is 13.0 Å². The van der Waals surface area contributed by atoms with E-state index in [1.54, 1.807) is 24.3 Å². The number of nitrogens with one attached hydrogen (secondary N) is 1. The lowest BCUT2D eigenvalue weighted by Gasteiger charge is -2.25. The number of nitrogens with zero attached hydrogens (tertiary/aromatic N) is 1. The average molecular weight is 591 g/mol. The second-order valence-corrected chi connectivity index (χ2v) is 11.6. The van der Waals surface area contributed by atoms with Crippen LogP contribution in [0.15, 0.2) is 96.6 Å². The van der Waals surface area contributed by atoms with Gasteiger partial charge in [0.2, 0.25) is 0 Å². The van der Waals surface area contributed by atoms with Gasteiger partial charge in [-0.05, 0) is 96.2 Å². The van der Waals surface area contributed by atoms with Gasteiger partial charge in [-0.3, -0.25) is 14.9 Å². The summed E-state index contributed by atoms with van der Waals surface area (Å²) in [5, 5.41) is 23.6. The molecule has 4 rings (SSSR count). The molecule has 1 amide bonds. The molecule has 2 atom stereocenters. The van der Waals surface area contributed by atoms with Crippen molar-refractivity contribution in [2.45, 2.75) is 53.5 Å². The summed E-state index contributed by atoms with van der Waals surface area (Å²) in [7, 11) is 0. The Balaban J connectivity index is 1.52. The summed E-state index contributed by atoms with van der Waals surface area (Å²) in [6.07, 6.45) is 0.834. The number of benzene rings is 4.